The van der Waals surface area contributed by atoms with Crippen LogP contribution in [0.3, 0.4) is 0 Å². The number of phenols is 3. The maximum absolute atomic E-state index is 13.1. The quantitative estimate of drug-likeness (QED) is 0.266. The van der Waals surface area contributed by atoms with Crippen LogP contribution >= 0.6 is 0 Å². The van der Waals surface area contributed by atoms with Crippen LogP contribution in [0, 0.1) is 0 Å². The van der Waals surface area contributed by atoms with Gasteiger partial charge in [0.2, 0.25) is 5.75 Å². The molecule has 0 saturated carbocycles. The third-order valence-electron chi connectivity index (χ3n) is 5.92. The first-order valence-electron chi connectivity index (χ1n) is 10.8. The van der Waals surface area contributed by atoms with Crippen LogP contribution in [0.5, 0.6) is 23.0 Å². The van der Waals surface area contributed by atoms with Crippen LogP contribution < -0.4 is 10.2 Å². The van der Waals surface area contributed by atoms with Gasteiger partial charge in [-0.2, -0.15) is 0 Å². The number of aliphatic hydroxyl groups excluding tert-OH is 3. The molecule has 1 aliphatic heterocycles. The summed E-state index contributed by atoms with van der Waals surface area (Å²) >= 11 is 0. The highest BCUT2D eigenvalue weighted by Crippen LogP contribution is 2.50. The summed E-state index contributed by atoms with van der Waals surface area (Å²) < 4.78 is 21.5. The van der Waals surface area contributed by atoms with Crippen molar-refractivity contribution in [3.63, 3.8) is 0 Å². The second-order valence-corrected chi connectivity index (χ2v) is 8.24. The van der Waals surface area contributed by atoms with E-state index in [1.165, 1.54) is 24.3 Å². The van der Waals surface area contributed by atoms with Gasteiger partial charge in [0.15, 0.2) is 22.5 Å². The topological polar surface area (TPSA) is 196 Å². The minimum absolute atomic E-state index is 0.0138. The number of carbonyl (C=O) groups is 1. The molecule has 0 bridgehead atoms. The molecule has 36 heavy (non-hydrogen) atoms. The maximum atomic E-state index is 13.1. The van der Waals surface area contributed by atoms with Crippen LogP contribution in [0.1, 0.15) is 18.6 Å². The summed E-state index contributed by atoms with van der Waals surface area (Å²) in [4.78, 5) is 24.3. The van der Waals surface area contributed by atoms with Crippen LogP contribution in [0.4, 0.5) is 0 Å². The molecule has 1 fully saturated rings. The van der Waals surface area contributed by atoms with Crippen molar-refractivity contribution in [2.45, 2.75) is 37.4 Å². The smallest absolute Gasteiger partial charge is 0.302 e. The Hall–Kier alpha value is -3.84. The summed E-state index contributed by atoms with van der Waals surface area (Å²) in [6.45, 7) is 0.634. The number of hydrogen-bond donors (Lipinski definition) is 6. The largest absolute Gasteiger partial charge is 0.508 e. The molecule has 1 aromatic heterocycles. The minimum Gasteiger partial charge on any atom is -0.508 e. The fraction of sp³-hybridized carbons (Fsp3) is 0.333. The van der Waals surface area contributed by atoms with Gasteiger partial charge in [-0.15, -0.1) is 0 Å². The van der Waals surface area contributed by atoms with Crippen molar-refractivity contribution in [1.29, 1.82) is 0 Å². The van der Waals surface area contributed by atoms with E-state index >= 15 is 0 Å². The van der Waals surface area contributed by atoms with Gasteiger partial charge in [0.25, 0.3) is 0 Å². The number of fused-ring (bicyclic) bond motifs is 1. The molecule has 0 unspecified atom stereocenters. The van der Waals surface area contributed by atoms with E-state index < -0.39 is 71.2 Å². The average molecular weight is 504 g/mol. The lowest BCUT2D eigenvalue weighted by Gasteiger charge is -2.40. The molecule has 12 heteroatoms. The first-order valence-corrected chi connectivity index (χ1v) is 10.8. The van der Waals surface area contributed by atoms with Gasteiger partial charge >= 0.3 is 5.97 Å². The summed E-state index contributed by atoms with van der Waals surface area (Å²) in [5, 5.41) is 62.3. The summed E-state index contributed by atoms with van der Waals surface area (Å²) in [5.74, 6) is -2.75. The molecule has 2 heterocycles. The van der Waals surface area contributed by atoms with E-state index in [9.17, 15) is 40.2 Å². The van der Waals surface area contributed by atoms with E-state index in [0.717, 1.165) is 20.1 Å². The second kappa shape index (κ2) is 9.66. The molecule has 4 rings (SSSR count). The van der Waals surface area contributed by atoms with Crippen LogP contribution in [0.15, 0.2) is 39.5 Å². The molecule has 0 amide bonds. The standard InChI is InChI=1S/C24H24O12/c1-9(25)34-8-14-17(28)20(31)21(32)23(36-14)16-19(30)24(33-2)18(29)15-12(27)7-13(35-22(15)16)10-3-5-11(26)6-4-10/h3-7,14,17,20-21,23,26,28-32H,8H2,1-2H3/t14-,17-,20+,21-,23+/m1/s1. The normalized spacial score (nSPS) is 24.0. The Balaban J connectivity index is 1.96. The van der Waals surface area contributed by atoms with Crippen molar-refractivity contribution >= 4 is 16.9 Å². The lowest BCUT2D eigenvalue weighted by Crippen LogP contribution is -2.55. The van der Waals surface area contributed by atoms with Gasteiger partial charge in [0.1, 0.15) is 54.0 Å². The molecule has 1 saturated heterocycles. The lowest BCUT2D eigenvalue weighted by molar-refractivity contribution is -0.234. The highest BCUT2D eigenvalue weighted by atomic mass is 16.6. The predicted molar refractivity (Wildman–Crippen MR) is 122 cm³/mol. The van der Waals surface area contributed by atoms with Gasteiger partial charge in [-0.05, 0) is 24.3 Å². The molecule has 3 aromatic rings. The average Bonchev–Trinajstić information content (AvgIpc) is 2.83. The van der Waals surface area contributed by atoms with Crippen LogP contribution in [0.2, 0.25) is 0 Å². The van der Waals surface area contributed by atoms with Gasteiger partial charge in [-0.1, -0.05) is 0 Å². The number of carbonyl (C=O) groups excluding carboxylic acids is 1. The molecule has 0 spiro atoms. The fourth-order valence-electron chi connectivity index (χ4n) is 4.11. The molecule has 0 radical (unpaired) electrons. The molecule has 1 aliphatic rings. The van der Waals surface area contributed by atoms with Crippen LogP contribution in [-0.4, -0.2) is 74.7 Å². The number of aliphatic hydroxyl groups is 3. The van der Waals surface area contributed by atoms with E-state index in [1.54, 1.807) is 0 Å². The van der Waals surface area contributed by atoms with Crippen molar-refractivity contribution < 1.29 is 54.1 Å². The Morgan fingerprint density at radius 3 is 2.28 bits per heavy atom. The summed E-state index contributed by atoms with van der Waals surface area (Å²) in [6.07, 6.45) is -8.29. The third-order valence-corrected chi connectivity index (χ3v) is 5.92. The second-order valence-electron chi connectivity index (χ2n) is 8.24. The van der Waals surface area contributed by atoms with Gasteiger partial charge < -0.3 is 49.3 Å². The number of rotatable bonds is 5. The molecule has 6 N–H and O–H groups in total. The van der Waals surface area contributed by atoms with Crippen molar-refractivity contribution in [2.24, 2.45) is 0 Å². The summed E-state index contributed by atoms with van der Waals surface area (Å²) in [5.41, 5.74) is -1.12. The van der Waals surface area contributed by atoms with E-state index in [-0.39, 0.29) is 22.7 Å². The van der Waals surface area contributed by atoms with E-state index in [2.05, 4.69) is 0 Å². The number of aromatic hydroxyl groups is 3. The predicted octanol–water partition coefficient (Wildman–Crippen LogP) is 0.671. The van der Waals surface area contributed by atoms with Crippen molar-refractivity contribution in [2.75, 3.05) is 13.7 Å². The van der Waals surface area contributed by atoms with Crippen LogP contribution in [-0.2, 0) is 14.3 Å². The first-order chi connectivity index (χ1) is 17.0. The minimum atomic E-state index is -1.85. The Bertz CT molecular complexity index is 1350. The van der Waals surface area contributed by atoms with Crippen molar-refractivity contribution in [3.05, 3.63) is 46.1 Å². The number of ether oxygens (including phenoxy) is 3. The van der Waals surface area contributed by atoms with Gasteiger partial charge in [-0.3, -0.25) is 9.59 Å². The Kier molecular flexibility index (Phi) is 6.78. The number of hydrogen-bond acceptors (Lipinski definition) is 12. The van der Waals surface area contributed by atoms with Crippen LogP contribution in [0.25, 0.3) is 22.3 Å². The SMILES string of the molecule is COc1c(O)c([C@@H]2O[C@H](COC(C)=O)[C@@H](O)[C@H](O)[C@H]2O)c2oc(-c3ccc(O)cc3)cc(=O)c2c1O. The highest BCUT2D eigenvalue weighted by molar-refractivity contribution is 5.93. The number of benzene rings is 2. The monoisotopic (exact) mass is 504 g/mol. The van der Waals surface area contributed by atoms with Crippen molar-refractivity contribution in [3.8, 4) is 34.3 Å². The Labute approximate surface area is 203 Å². The van der Waals surface area contributed by atoms with Gasteiger partial charge in [-0.25, -0.2) is 0 Å². The zero-order chi connectivity index (χ0) is 26.3. The third kappa shape index (κ3) is 4.31. The molecule has 5 atom stereocenters. The molecule has 192 valence electrons. The lowest BCUT2D eigenvalue weighted by atomic mass is 9.89. The molecule has 2 aromatic carbocycles. The Morgan fingerprint density at radius 1 is 1.00 bits per heavy atom. The number of phenolic OH excluding ortho intramolecular Hbond substituents is 3. The zero-order valence-electron chi connectivity index (χ0n) is 19.1. The number of methoxy groups -OCH3 is 1. The van der Waals surface area contributed by atoms with E-state index in [1.807, 2.05) is 0 Å². The van der Waals surface area contributed by atoms with Crippen molar-refractivity contribution in [1.82, 2.24) is 0 Å². The first kappa shape index (κ1) is 25.3. The highest BCUT2D eigenvalue weighted by Gasteiger charge is 2.47. The van der Waals surface area contributed by atoms with E-state index in [4.69, 9.17) is 18.6 Å². The maximum Gasteiger partial charge on any atom is 0.302 e. The molecule has 0 aliphatic carbocycles. The van der Waals surface area contributed by atoms with Gasteiger partial charge in [0.05, 0.1) is 12.7 Å². The Morgan fingerprint density at radius 2 is 1.67 bits per heavy atom. The zero-order valence-corrected chi connectivity index (χ0v) is 19.1. The molecular weight excluding hydrogens is 480 g/mol. The van der Waals surface area contributed by atoms with E-state index in [0.29, 0.717) is 5.56 Å². The fourth-order valence-corrected chi connectivity index (χ4v) is 4.11. The van der Waals surface area contributed by atoms with Gasteiger partial charge in [0, 0.05) is 18.6 Å². The molecular formula is C24H24O12. The number of esters is 1. The summed E-state index contributed by atoms with van der Waals surface area (Å²) in [6, 6.07) is 6.71. The molecule has 12 nitrogen and oxygen atoms in total. The summed E-state index contributed by atoms with van der Waals surface area (Å²) in [7, 11) is 1.12.